The first-order valence-electron chi connectivity index (χ1n) is 12.7. The molecule has 6 nitrogen and oxygen atoms in total. The van der Waals surface area contributed by atoms with Crippen molar-refractivity contribution >= 4 is 0 Å². The molecule has 31 heavy (non-hydrogen) atoms. The zero-order chi connectivity index (χ0) is 23.9. The van der Waals surface area contributed by atoms with E-state index in [1.54, 1.807) is 0 Å². The van der Waals surface area contributed by atoms with Crippen molar-refractivity contribution in [2.45, 2.75) is 84.2 Å². The maximum Gasteiger partial charge on any atom is 0.0238 e. The molecular weight excluding hydrogens is 384 g/mol. The molecule has 186 valence electrons. The minimum Gasteiger partial charge on any atom is -0.303 e. The lowest BCUT2D eigenvalue weighted by Gasteiger charge is -2.48. The number of nitrogens with zero attached hydrogens (tertiary/aromatic N) is 6. The molecule has 0 bridgehead atoms. The Hall–Kier alpha value is -0.240. The molecule has 0 amide bonds. The molecule has 3 aliphatic heterocycles. The Balaban J connectivity index is 0.000000337. The quantitative estimate of drug-likeness (QED) is 0.652. The van der Waals surface area contributed by atoms with E-state index in [0.29, 0.717) is 36.3 Å². The van der Waals surface area contributed by atoms with E-state index in [0.717, 1.165) is 0 Å². The van der Waals surface area contributed by atoms with Crippen molar-refractivity contribution in [1.82, 2.24) is 29.4 Å². The average molecular weight is 441 g/mol. The van der Waals surface area contributed by atoms with Gasteiger partial charge in [0, 0.05) is 75.5 Å². The Morgan fingerprint density at radius 2 is 0.710 bits per heavy atom. The van der Waals surface area contributed by atoms with Gasteiger partial charge in [-0.3, -0.25) is 14.7 Å². The number of hydrogen-bond acceptors (Lipinski definition) is 6. The molecule has 6 atom stereocenters. The van der Waals surface area contributed by atoms with Crippen LogP contribution < -0.4 is 0 Å². The van der Waals surface area contributed by atoms with Crippen LogP contribution in [-0.4, -0.2) is 147 Å². The number of hydrogen-bond donors (Lipinski definition) is 0. The number of rotatable bonds is 2. The summed E-state index contributed by atoms with van der Waals surface area (Å²) in [5.74, 6) is 0. The fraction of sp³-hybridized carbons (Fsp3) is 1.00. The summed E-state index contributed by atoms with van der Waals surface area (Å²) in [7, 11) is 13.5. The summed E-state index contributed by atoms with van der Waals surface area (Å²) in [6.07, 6.45) is 1.29. The smallest absolute Gasteiger partial charge is 0.0238 e. The van der Waals surface area contributed by atoms with Gasteiger partial charge in [0.1, 0.15) is 0 Å². The second-order valence-electron chi connectivity index (χ2n) is 10.6. The molecule has 3 saturated heterocycles. The van der Waals surface area contributed by atoms with Crippen LogP contribution >= 0.6 is 0 Å². The lowest BCUT2D eigenvalue weighted by atomic mass is 9.97. The standard InChI is InChI=1S/C15H32N4.C8H18N2.C2H6/c1-12-8-16(3)10-14(18(12)5)7-15-11-17(4)9-13(2)19(15)6;1-7-5-9(3)6-8(2)10(7)4;1-2/h12-15H,7-11H2,1-6H3;7-8H,5-6H2,1-4H3;1-2H3/t12-,13-,14+,15+;7-,8-;/m00./s1. The van der Waals surface area contributed by atoms with E-state index in [-0.39, 0.29) is 0 Å². The number of piperazine rings is 3. The lowest BCUT2D eigenvalue weighted by molar-refractivity contribution is 0.0128. The van der Waals surface area contributed by atoms with Crippen LogP contribution in [0.15, 0.2) is 0 Å². The van der Waals surface area contributed by atoms with Gasteiger partial charge in [0.25, 0.3) is 0 Å². The molecule has 0 saturated carbocycles. The molecule has 3 fully saturated rings. The van der Waals surface area contributed by atoms with E-state index in [4.69, 9.17) is 0 Å². The van der Waals surface area contributed by atoms with Crippen LogP contribution in [0, 0.1) is 0 Å². The second-order valence-corrected chi connectivity index (χ2v) is 10.6. The fourth-order valence-electron chi connectivity index (χ4n) is 5.47. The Kier molecular flexibility index (Phi) is 12.5. The van der Waals surface area contributed by atoms with E-state index < -0.39 is 0 Å². The van der Waals surface area contributed by atoms with Crippen molar-refractivity contribution < 1.29 is 0 Å². The van der Waals surface area contributed by atoms with Gasteiger partial charge in [-0.05, 0) is 76.4 Å². The van der Waals surface area contributed by atoms with Crippen molar-refractivity contribution in [2.24, 2.45) is 0 Å². The summed E-state index contributed by atoms with van der Waals surface area (Å²) in [4.78, 5) is 15.0. The Labute approximate surface area is 195 Å². The molecule has 0 N–H and O–H groups in total. The predicted molar refractivity (Wildman–Crippen MR) is 137 cm³/mol. The molecule has 0 aromatic rings. The van der Waals surface area contributed by atoms with Gasteiger partial charge < -0.3 is 14.7 Å². The molecule has 0 radical (unpaired) electrons. The summed E-state index contributed by atoms with van der Waals surface area (Å²) >= 11 is 0. The molecule has 0 spiro atoms. The summed E-state index contributed by atoms with van der Waals surface area (Å²) in [5.41, 5.74) is 0. The van der Waals surface area contributed by atoms with Crippen LogP contribution in [-0.2, 0) is 0 Å². The third-order valence-electron chi connectivity index (χ3n) is 7.83. The van der Waals surface area contributed by atoms with Crippen LogP contribution in [0.1, 0.15) is 48.0 Å². The maximum absolute atomic E-state index is 2.59. The Morgan fingerprint density at radius 3 is 1.03 bits per heavy atom. The molecule has 0 unspecified atom stereocenters. The first-order valence-corrected chi connectivity index (χ1v) is 12.7. The largest absolute Gasteiger partial charge is 0.303 e. The highest BCUT2D eigenvalue weighted by Crippen LogP contribution is 2.22. The van der Waals surface area contributed by atoms with Crippen molar-refractivity contribution in [3.63, 3.8) is 0 Å². The van der Waals surface area contributed by atoms with Crippen LogP contribution in [0.25, 0.3) is 0 Å². The van der Waals surface area contributed by atoms with E-state index in [9.17, 15) is 0 Å². The lowest BCUT2D eigenvalue weighted by Crippen LogP contribution is -2.60. The summed E-state index contributed by atoms with van der Waals surface area (Å²) in [5, 5.41) is 0. The van der Waals surface area contributed by atoms with Crippen LogP contribution in [0.5, 0.6) is 0 Å². The first kappa shape index (κ1) is 28.8. The molecule has 3 rings (SSSR count). The van der Waals surface area contributed by atoms with Crippen molar-refractivity contribution in [2.75, 3.05) is 81.6 Å². The van der Waals surface area contributed by atoms with Gasteiger partial charge in [-0.2, -0.15) is 0 Å². The van der Waals surface area contributed by atoms with Gasteiger partial charge in [-0.25, -0.2) is 0 Å². The Morgan fingerprint density at radius 1 is 0.452 bits per heavy atom. The molecular formula is C25H56N6. The van der Waals surface area contributed by atoms with Crippen molar-refractivity contribution in [1.29, 1.82) is 0 Å². The fourth-order valence-corrected chi connectivity index (χ4v) is 5.47. The highest BCUT2D eigenvalue weighted by atomic mass is 15.3. The molecule has 3 aliphatic rings. The summed E-state index contributed by atoms with van der Waals surface area (Å²) in [6, 6.07) is 4.17. The molecule has 0 aromatic carbocycles. The topological polar surface area (TPSA) is 19.4 Å². The molecule has 3 heterocycles. The van der Waals surface area contributed by atoms with Gasteiger partial charge in [0.15, 0.2) is 0 Å². The minimum atomic E-state index is 0.674. The van der Waals surface area contributed by atoms with Gasteiger partial charge in [-0.1, -0.05) is 13.8 Å². The molecule has 0 aliphatic carbocycles. The zero-order valence-electron chi connectivity index (χ0n) is 23.1. The van der Waals surface area contributed by atoms with Crippen LogP contribution in [0.4, 0.5) is 0 Å². The Bertz CT molecular complexity index is 449. The average Bonchev–Trinajstić information content (AvgIpc) is 2.69. The normalized spacial score (nSPS) is 37.5. The van der Waals surface area contributed by atoms with Crippen molar-refractivity contribution in [3.8, 4) is 0 Å². The SMILES string of the molecule is CC.C[C@H]1CN(C)C[C@@H](C[C@@H]2CN(C)C[C@H](C)N2C)N1C.C[C@H]1CN(C)C[C@H](C)N1C. The van der Waals surface area contributed by atoms with Gasteiger partial charge in [-0.15, -0.1) is 0 Å². The third kappa shape index (κ3) is 8.56. The predicted octanol–water partition coefficient (Wildman–Crippen LogP) is 2.31. The zero-order valence-corrected chi connectivity index (χ0v) is 23.1. The monoisotopic (exact) mass is 440 g/mol. The molecule has 0 aromatic heterocycles. The minimum absolute atomic E-state index is 0.674. The van der Waals surface area contributed by atoms with Crippen LogP contribution in [0.3, 0.4) is 0 Å². The van der Waals surface area contributed by atoms with Gasteiger partial charge in [0.05, 0.1) is 0 Å². The summed E-state index contributed by atoms with van der Waals surface area (Å²) < 4.78 is 0. The summed E-state index contributed by atoms with van der Waals surface area (Å²) in [6.45, 7) is 20.5. The highest BCUT2D eigenvalue weighted by Gasteiger charge is 2.34. The third-order valence-corrected chi connectivity index (χ3v) is 7.83. The van der Waals surface area contributed by atoms with Gasteiger partial charge in [0.2, 0.25) is 0 Å². The number of likely N-dealkylation sites (N-methyl/N-ethyl adjacent to an activating group) is 6. The second kappa shape index (κ2) is 13.5. The van der Waals surface area contributed by atoms with E-state index in [2.05, 4.69) is 99.4 Å². The first-order chi connectivity index (χ1) is 14.5. The highest BCUT2D eigenvalue weighted by molar-refractivity contribution is 4.91. The maximum atomic E-state index is 2.59. The van der Waals surface area contributed by atoms with E-state index in [1.807, 2.05) is 13.8 Å². The van der Waals surface area contributed by atoms with E-state index >= 15 is 0 Å². The van der Waals surface area contributed by atoms with Gasteiger partial charge >= 0.3 is 0 Å². The van der Waals surface area contributed by atoms with Crippen LogP contribution in [0.2, 0.25) is 0 Å². The van der Waals surface area contributed by atoms with E-state index in [1.165, 1.54) is 45.7 Å². The van der Waals surface area contributed by atoms with Crippen molar-refractivity contribution in [3.05, 3.63) is 0 Å². The molecule has 6 heteroatoms.